The molecule has 1 saturated carbocycles. The molecule has 3 heteroatoms. The fraction of sp³-hybridized carbons (Fsp3) is 1.00. The van der Waals surface area contributed by atoms with Crippen LogP contribution in [-0.2, 0) is 4.74 Å². The maximum atomic E-state index is 6.96. The van der Waals surface area contributed by atoms with Crippen molar-refractivity contribution in [3.63, 3.8) is 0 Å². The van der Waals surface area contributed by atoms with Crippen molar-refractivity contribution in [3.05, 3.63) is 0 Å². The molecule has 122 valence electrons. The summed E-state index contributed by atoms with van der Waals surface area (Å²) < 4.78 is 6.04. The van der Waals surface area contributed by atoms with Crippen molar-refractivity contribution in [2.45, 2.75) is 70.9 Å². The number of hydrogen-bond acceptors (Lipinski definition) is 3. The Morgan fingerprint density at radius 2 is 1.95 bits per heavy atom. The second-order valence-corrected chi connectivity index (χ2v) is 8.28. The topological polar surface area (TPSA) is 38.5 Å². The molecule has 3 fully saturated rings. The molecule has 1 aliphatic carbocycles. The van der Waals surface area contributed by atoms with Gasteiger partial charge >= 0.3 is 0 Å². The van der Waals surface area contributed by atoms with Gasteiger partial charge in [-0.2, -0.15) is 0 Å². The third kappa shape index (κ3) is 2.55. The SMILES string of the molecule is CCC1CCCN(CC2(N)C3CCCOC3C2(C)C)CC1. The van der Waals surface area contributed by atoms with Crippen LogP contribution in [0, 0.1) is 17.3 Å². The first-order valence-corrected chi connectivity index (χ1v) is 9.12. The molecule has 3 nitrogen and oxygen atoms in total. The summed E-state index contributed by atoms with van der Waals surface area (Å²) in [6.45, 7) is 11.5. The molecular weight excluding hydrogens is 260 g/mol. The number of nitrogens with zero attached hydrogens (tertiary/aromatic N) is 1. The lowest BCUT2D eigenvalue weighted by Gasteiger charge is -2.67. The largest absolute Gasteiger partial charge is 0.377 e. The van der Waals surface area contributed by atoms with E-state index in [1.165, 1.54) is 51.6 Å². The minimum Gasteiger partial charge on any atom is -0.377 e. The molecule has 0 amide bonds. The van der Waals surface area contributed by atoms with Gasteiger partial charge in [0.2, 0.25) is 0 Å². The average molecular weight is 294 g/mol. The van der Waals surface area contributed by atoms with Gasteiger partial charge in [0.15, 0.2) is 0 Å². The van der Waals surface area contributed by atoms with Gasteiger partial charge < -0.3 is 15.4 Å². The quantitative estimate of drug-likeness (QED) is 0.869. The zero-order chi connectivity index (χ0) is 15.1. The Morgan fingerprint density at radius 3 is 2.71 bits per heavy atom. The molecule has 2 aliphatic heterocycles. The van der Waals surface area contributed by atoms with E-state index in [1.54, 1.807) is 0 Å². The molecule has 0 radical (unpaired) electrons. The Morgan fingerprint density at radius 1 is 1.14 bits per heavy atom. The fourth-order valence-corrected chi connectivity index (χ4v) is 5.15. The highest BCUT2D eigenvalue weighted by Gasteiger charge is 2.66. The minimum atomic E-state index is -0.0515. The van der Waals surface area contributed by atoms with Gasteiger partial charge in [-0.05, 0) is 51.1 Å². The molecule has 0 aromatic rings. The minimum absolute atomic E-state index is 0.0515. The number of fused-ring (bicyclic) bond motifs is 1. The average Bonchev–Trinajstić information content (AvgIpc) is 2.72. The van der Waals surface area contributed by atoms with Gasteiger partial charge in [0.05, 0.1) is 6.10 Å². The molecule has 0 aromatic carbocycles. The molecule has 2 N–H and O–H groups in total. The molecule has 2 saturated heterocycles. The highest BCUT2D eigenvalue weighted by Crippen LogP contribution is 2.57. The summed E-state index contributed by atoms with van der Waals surface area (Å²) in [5.74, 6) is 1.51. The van der Waals surface area contributed by atoms with Crippen LogP contribution in [0.15, 0.2) is 0 Å². The molecular formula is C18H34N2O. The first-order valence-electron chi connectivity index (χ1n) is 9.12. The highest BCUT2D eigenvalue weighted by molar-refractivity contribution is 5.20. The third-order valence-corrected chi connectivity index (χ3v) is 6.90. The maximum absolute atomic E-state index is 6.96. The summed E-state index contributed by atoms with van der Waals surface area (Å²) in [4.78, 5) is 2.65. The van der Waals surface area contributed by atoms with Gasteiger partial charge in [-0.15, -0.1) is 0 Å². The number of hydrogen-bond donors (Lipinski definition) is 1. The maximum Gasteiger partial charge on any atom is 0.0690 e. The van der Waals surface area contributed by atoms with E-state index in [0.29, 0.717) is 12.0 Å². The van der Waals surface area contributed by atoms with Crippen LogP contribution in [0.5, 0.6) is 0 Å². The lowest BCUT2D eigenvalue weighted by atomic mass is 9.46. The third-order valence-electron chi connectivity index (χ3n) is 6.90. The van der Waals surface area contributed by atoms with Crippen molar-refractivity contribution < 1.29 is 4.74 Å². The van der Waals surface area contributed by atoms with E-state index in [-0.39, 0.29) is 11.0 Å². The number of nitrogens with two attached hydrogens (primary N) is 1. The summed E-state index contributed by atoms with van der Waals surface area (Å²) in [5.41, 5.74) is 7.03. The summed E-state index contributed by atoms with van der Waals surface area (Å²) in [6.07, 6.45) is 8.29. The van der Waals surface area contributed by atoms with Crippen LogP contribution in [0.2, 0.25) is 0 Å². The lowest BCUT2D eigenvalue weighted by Crippen LogP contribution is -2.80. The molecule has 3 aliphatic rings. The van der Waals surface area contributed by atoms with E-state index in [4.69, 9.17) is 10.5 Å². The smallest absolute Gasteiger partial charge is 0.0690 e. The van der Waals surface area contributed by atoms with Gasteiger partial charge in [-0.3, -0.25) is 0 Å². The molecule has 4 atom stereocenters. The molecule has 2 heterocycles. The van der Waals surface area contributed by atoms with Crippen molar-refractivity contribution in [2.75, 3.05) is 26.2 Å². The Bertz CT molecular complexity index is 370. The molecule has 3 rings (SSSR count). The van der Waals surface area contributed by atoms with Crippen LogP contribution in [0.1, 0.15) is 59.3 Å². The van der Waals surface area contributed by atoms with Crippen LogP contribution in [-0.4, -0.2) is 42.8 Å². The van der Waals surface area contributed by atoms with E-state index in [9.17, 15) is 0 Å². The Hall–Kier alpha value is -0.120. The normalized spacial score (nSPS) is 43.7. The van der Waals surface area contributed by atoms with Gasteiger partial charge in [0, 0.05) is 30.0 Å². The summed E-state index contributed by atoms with van der Waals surface area (Å²) in [7, 11) is 0. The number of rotatable bonds is 3. The van der Waals surface area contributed by atoms with E-state index in [2.05, 4.69) is 25.7 Å². The fourth-order valence-electron chi connectivity index (χ4n) is 5.15. The Kier molecular flexibility index (Phi) is 4.37. The van der Waals surface area contributed by atoms with Crippen molar-refractivity contribution in [1.29, 1.82) is 0 Å². The second kappa shape index (κ2) is 5.82. The number of likely N-dealkylation sites (tertiary alicyclic amines) is 1. The Balaban J connectivity index is 1.65. The van der Waals surface area contributed by atoms with E-state index in [1.807, 2.05) is 0 Å². The van der Waals surface area contributed by atoms with Gasteiger partial charge in [0.25, 0.3) is 0 Å². The van der Waals surface area contributed by atoms with Crippen LogP contribution in [0.25, 0.3) is 0 Å². The van der Waals surface area contributed by atoms with Gasteiger partial charge in [0.1, 0.15) is 0 Å². The van der Waals surface area contributed by atoms with Crippen molar-refractivity contribution in [2.24, 2.45) is 23.0 Å². The molecule has 4 unspecified atom stereocenters. The zero-order valence-corrected chi connectivity index (χ0v) is 14.2. The van der Waals surface area contributed by atoms with Crippen molar-refractivity contribution >= 4 is 0 Å². The molecule has 0 bridgehead atoms. The van der Waals surface area contributed by atoms with Gasteiger partial charge in [-0.25, -0.2) is 0 Å². The van der Waals surface area contributed by atoms with Crippen LogP contribution in [0.3, 0.4) is 0 Å². The highest BCUT2D eigenvalue weighted by atomic mass is 16.5. The van der Waals surface area contributed by atoms with E-state index in [0.717, 1.165) is 19.1 Å². The van der Waals surface area contributed by atoms with Gasteiger partial charge in [-0.1, -0.05) is 27.2 Å². The first-order chi connectivity index (χ1) is 9.99. The van der Waals surface area contributed by atoms with E-state index < -0.39 is 0 Å². The van der Waals surface area contributed by atoms with Crippen molar-refractivity contribution in [1.82, 2.24) is 4.90 Å². The number of ether oxygens (including phenoxy) is 1. The molecule has 0 aromatic heterocycles. The predicted molar refractivity (Wildman–Crippen MR) is 87.2 cm³/mol. The summed E-state index contributed by atoms with van der Waals surface area (Å²) in [6, 6.07) is 0. The zero-order valence-electron chi connectivity index (χ0n) is 14.2. The first kappa shape index (κ1) is 15.8. The standard InChI is InChI=1S/C18H34N2O/c1-4-14-7-5-10-20(11-9-14)13-18(19)15-8-6-12-21-16(15)17(18,2)3/h14-16H,4-13,19H2,1-3H3. The molecule has 21 heavy (non-hydrogen) atoms. The van der Waals surface area contributed by atoms with Crippen molar-refractivity contribution in [3.8, 4) is 0 Å². The van der Waals surface area contributed by atoms with E-state index >= 15 is 0 Å². The van der Waals surface area contributed by atoms with Crippen LogP contribution in [0.4, 0.5) is 0 Å². The van der Waals surface area contributed by atoms with Crippen LogP contribution < -0.4 is 5.73 Å². The summed E-state index contributed by atoms with van der Waals surface area (Å²) >= 11 is 0. The second-order valence-electron chi connectivity index (χ2n) is 8.28. The monoisotopic (exact) mass is 294 g/mol. The van der Waals surface area contributed by atoms with Crippen LogP contribution >= 0.6 is 0 Å². The lowest BCUT2D eigenvalue weighted by molar-refractivity contribution is -0.232. The predicted octanol–water partition coefficient (Wildman–Crippen LogP) is 3.03. The molecule has 0 spiro atoms. The summed E-state index contributed by atoms with van der Waals surface area (Å²) in [5, 5.41) is 0. The Labute approximate surface area is 130 Å².